The Morgan fingerprint density at radius 1 is 1.26 bits per heavy atom. The van der Waals surface area contributed by atoms with E-state index in [1.165, 1.54) is 24.3 Å². The van der Waals surface area contributed by atoms with Gasteiger partial charge in [-0.2, -0.15) is 29.5 Å². The third-order valence-corrected chi connectivity index (χ3v) is 4.99. The lowest BCUT2D eigenvalue weighted by Gasteiger charge is -2.22. The lowest BCUT2D eigenvalue weighted by molar-refractivity contribution is -0.185. The molecule has 3 aromatic rings. The zero-order valence-electron chi connectivity index (χ0n) is 16.5. The van der Waals surface area contributed by atoms with Gasteiger partial charge in [-0.1, -0.05) is 17.3 Å². The number of amides is 2. The topological polar surface area (TPSA) is 88.3 Å². The SMILES string of the molecule is CCN(Cc1cccc(NC(=O)CCc2nc(-c3ccsc3)no2)c1)C(=O)C(F)(F)F. The first kappa shape index (κ1) is 22.5. The van der Waals surface area contributed by atoms with Crippen LogP contribution in [0.15, 0.2) is 45.6 Å². The van der Waals surface area contributed by atoms with Crippen LogP contribution >= 0.6 is 11.3 Å². The molecule has 7 nitrogen and oxygen atoms in total. The van der Waals surface area contributed by atoms with Crippen molar-refractivity contribution in [2.45, 2.75) is 32.5 Å². The minimum atomic E-state index is -4.93. The monoisotopic (exact) mass is 452 g/mol. The van der Waals surface area contributed by atoms with Gasteiger partial charge in [-0.15, -0.1) is 0 Å². The number of carbonyl (C=O) groups excluding carboxylic acids is 2. The molecule has 0 saturated heterocycles. The molecule has 2 heterocycles. The molecule has 2 aromatic heterocycles. The van der Waals surface area contributed by atoms with Crippen molar-refractivity contribution in [3.8, 4) is 11.4 Å². The maximum atomic E-state index is 12.7. The molecule has 0 fully saturated rings. The Morgan fingerprint density at radius 2 is 2.06 bits per heavy atom. The van der Waals surface area contributed by atoms with Crippen LogP contribution < -0.4 is 5.32 Å². The molecule has 0 spiro atoms. The standard InChI is InChI=1S/C20H19F3N4O3S/c1-2-27(19(29)20(21,22)23)11-13-4-3-5-15(10-13)24-16(28)6-7-17-25-18(26-30-17)14-8-9-31-12-14/h3-5,8-10,12H,2,6-7,11H2,1H3,(H,24,28). The Kier molecular flexibility index (Phi) is 7.06. The van der Waals surface area contributed by atoms with Crippen molar-refractivity contribution >= 4 is 28.8 Å². The molecule has 164 valence electrons. The summed E-state index contributed by atoms with van der Waals surface area (Å²) in [5, 5.41) is 10.3. The zero-order chi connectivity index (χ0) is 22.4. The van der Waals surface area contributed by atoms with E-state index in [1.54, 1.807) is 18.2 Å². The molecule has 0 radical (unpaired) electrons. The quantitative estimate of drug-likeness (QED) is 0.551. The van der Waals surface area contributed by atoms with E-state index in [-0.39, 0.29) is 31.8 Å². The van der Waals surface area contributed by atoms with Crippen molar-refractivity contribution in [1.82, 2.24) is 15.0 Å². The minimum absolute atomic E-state index is 0.0865. The van der Waals surface area contributed by atoms with Crippen molar-refractivity contribution in [1.29, 1.82) is 0 Å². The summed E-state index contributed by atoms with van der Waals surface area (Å²) in [6, 6.07) is 8.20. The van der Waals surface area contributed by atoms with Crippen molar-refractivity contribution < 1.29 is 27.3 Å². The highest BCUT2D eigenvalue weighted by Crippen LogP contribution is 2.21. The first-order valence-corrected chi connectivity index (χ1v) is 10.3. The van der Waals surface area contributed by atoms with Gasteiger partial charge in [0.15, 0.2) is 0 Å². The second-order valence-electron chi connectivity index (χ2n) is 6.59. The van der Waals surface area contributed by atoms with Crippen LogP contribution in [0.5, 0.6) is 0 Å². The number of hydrogen-bond acceptors (Lipinski definition) is 6. The number of benzene rings is 1. The molecule has 0 aliphatic heterocycles. The summed E-state index contributed by atoms with van der Waals surface area (Å²) in [5.74, 6) is -1.43. The van der Waals surface area contributed by atoms with Gasteiger partial charge in [0, 0.05) is 42.6 Å². The number of carbonyl (C=O) groups is 2. The van der Waals surface area contributed by atoms with E-state index in [1.807, 2.05) is 16.8 Å². The molecule has 1 aromatic carbocycles. The van der Waals surface area contributed by atoms with Crippen molar-refractivity contribution in [3.63, 3.8) is 0 Å². The molecule has 0 unspecified atom stereocenters. The minimum Gasteiger partial charge on any atom is -0.339 e. The van der Waals surface area contributed by atoms with Crippen molar-refractivity contribution in [3.05, 3.63) is 52.5 Å². The fraction of sp³-hybridized carbons (Fsp3) is 0.300. The second kappa shape index (κ2) is 9.73. The molecule has 1 N–H and O–H groups in total. The van der Waals surface area contributed by atoms with E-state index in [0.717, 1.165) is 5.56 Å². The van der Waals surface area contributed by atoms with E-state index >= 15 is 0 Å². The smallest absolute Gasteiger partial charge is 0.339 e. The molecular formula is C20H19F3N4O3S. The largest absolute Gasteiger partial charge is 0.471 e. The molecular weight excluding hydrogens is 433 g/mol. The average molecular weight is 452 g/mol. The number of hydrogen-bond donors (Lipinski definition) is 1. The number of halogens is 3. The third-order valence-electron chi connectivity index (χ3n) is 4.31. The lowest BCUT2D eigenvalue weighted by Crippen LogP contribution is -2.40. The number of alkyl halides is 3. The summed E-state index contributed by atoms with van der Waals surface area (Å²) in [5.41, 5.74) is 1.73. The highest BCUT2D eigenvalue weighted by atomic mass is 32.1. The molecule has 11 heteroatoms. The number of aromatic nitrogens is 2. The van der Waals surface area contributed by atoms with Crippen molar-refractivity contribution in [2.24, 2.45) is 0 Å². The Morgan fingerprint density at radius 3 is 2.74 bits per heavy atom. The predicted molar refractivity (Wildman–Crippen MR) is 108 cm³/mol. The summed E-state index contributed by atoms with van der Waals surface area (Å²) in [6.45, 7) is 1.16. The first-order chi connectivity index (χ1) is 14.8. The summed E-state index contributed by atoms with van der Waals surface area (Å²) >= 11 is 1.51. The highest BCUT2D eigenvalue weighted by Gasteiger charge is 2.41. The number of nitrogens with zero attached hydrogens (tertiary/aromatic N) is 3. The van der Waals surface area contributed by atoms with Crippen LogP contribution in [0.4, 0.5) is 18.9 Å². The van der Waals surface area contributed by atoms with Gasteiger partial charge in [0.05, 0.1) is 0 Å². The summed E-state index contributed by atoms with van der Waals surface area (Å²) in [4.78, 5) is 28.6. The fourth-order valence-electron chi connectivity index (χ4n) is 2.78. The maximum Gasteiger partial charge on any atom is 0.471 e. The van der Waals surface area contributed by atoms with Gasteiger partial charge in [0.1, 0.15) is 0 Å². The Hall–Kier alpha value is -3.21. The maximum absolute atomic E-state index is 12.7. The lowest BCUT2D eigenvalue weighted by atomic mass is 10.1. The summed E-state index contributed by atoms with van der Waals surface area (Å²) in [6.07, 6.45) is -4.60. The van der Waals surface area contributed by atoms with Gasteiger partial charge in [-0.3, -0.25) is 9.59 Å². The highest BCUT2D eigenvalue weighted by molar-refractivity contribution is 7.08. The van der Waals surface area contributed by atoms with Crippen LogP contribution in [0.1, 0.15) is 24.8 Å². The van der Waals surface area contributed by atoms with E-state index in [4.69, 9.17) is 4.52 Å². The van der Waals surface area contributed by atoms with Crippen LogP contribution in [0.2, 0.25) is 0 Å². The second-order valence-corrected chi connectivity index (χ2v) is 7.37. The van der Waals surface area contributed by atoms with Gasteiger partial charge >= 0.3 is 12.1 Å². The number of rotatable bonds is 8. The van der Waals surface area contributed by atoms with Gasteiger partial charge < -0.3 is 14.7 Å². The van der Waals surface area contributed by atoms with Gasteiger partial charge in [0.2, 0.25) is 17.6 Å². The Bertz CT molecular complexity index is 1030. The first-order valence-electron chi connectivity index (χ1n) is 9.36. The fourth-order valence-corrected chi connectivity index (χ4v) is 3.42. The molecule has 31 heavy (non-hydrogen) atoms. The normalized spacial score (nSPS) is 11.4. The molecule has 0 saturated carbocycles. The Labute approximate surface area is 179 Å². The van der Waals surface area contributed by atoms with E-state index in [2.05, 4.69) is 15.5 Å². The molecule has 0 aliphatic carbocycles. The van der Waals surface area contributed by atoms with Crippen LogP contribution in [-0.2, 0) is 22.6 Å². The number of anilines is 1. The van der Waals surface area contributed by atoms with Crippen LogP contribution in [-0.4, -0.2) is 39.6 Å². The predicted octanol–water partition coefficient (Wildman–Crippen LogP) is 4.28. The van der Waals surface area contributed by atoms with Gasteiger partial charge in [-0.25, -0.2) is 0 Å². The number of aryl methyl sites for hydroxylation is 1. The van der Waals surface area contributed by atoms with Crippen LogP contribution in [0.25, 0.3) is 11.4 Å². The molecule has 0 atom stereocenters. The number of thiophene rings is 1. The van der Waals surface area contributed by atoms with Crippen molar-refractivity contribution in [2.75, 3.05) is 11.9 Å². The summed E-state index contributed by atoms with van der Waals surface area (Å²) < 4.78 is 43.2. The zero-order valence-corrected chi connectivity index (χ0v) is 17.3. The van der Waals surface area contributed by atoms with Crippen LogP contribution in [0, 0.1) is 0 Å². The van der Waals surface area contributed by atoms with E-state index in [9.17, 15) is 22.8 Å². The van der Waals surface area contributed by atoms with E-state index < -0.39 is 12.1 Å². The van der Waals surface area contributed by atoms with E-state index in [0.29, 0.717) is 27.9 Å². The van der Waals surface area contributed by atoms with Crippen LogP contribution in [0.3, 0.4) is 0 Å². The third kappa shape index (κ3) is 6.14. The number of nitrogens with one attached hydrogen (secondary N) is 1. The molecule has 2 amide bonds. The Balaban J connectivity index is 1.55. The van der Waals surface area contributed by atoms with Gasteiger partial charge in [0.25, 0.3) is 0 Å². The molecule has 0 bridgehead atoms. The average Bonchev–Trinajstić information content (AvgIpc) is 3.41. The molecule has 0 aliphatic rings. The summed E-state index contributed by atoms with van der Waals surface area (Å²) in [7, 11) is 0. The van der Waals surface area contributed by atoms with Gasteiger partial charge in [-0.05, 0) is 36.1 Å². The molecule has 3 rings (SSSR count).